The molecule has 37 heavy (non-hydrogen) atoms. The van der Waals surface area contributed by atoms with Gasteiger partial charge in [0.25, 0.3) is 5.91 Å². The summed E-state index contributed by atoms with van der Waals surface area (Å²) in [6.07, 6.45) is 6.83. The molecule has 2 fully saturated rings. The van der Waals surface area contributed by atoms with Gasteiger partial charge in [-0.2, -0.15) is 0 Å². The van der Waals surface area contributed by atoms with Crippen molar-refractivity contribution in [2.75, 3.05) is 13.7 Å². The van der Waals surface area contributed by atoms with Crippen molar-refractivity contribution in [2.24, 2.45) is 5.92 Å². The van der Waals surface area contributed by atoms with E-state index in [0.717, 1.165) is 38.5 Å². The second-order valence-corrected chi connectivity index (χ2v) is 10.0. The largest absolute Gasteiger partial charge is 0.494 e. The average Bonchev–Trinajstić information content (AvgIpc) is 3.63. The first-order valence-corrected chi connectivity index (χ1v) is 12.8. The normalized spacial score (nSPS) is 19.5. The highest BCUT2D eigenvalue weighted by molar-refractivity contribution is 6.09. The Hall–Kier alpha value is -3.69. The summed E-state index contributed by atoms with van der Waals surface area (Å²) in [5.41, 5.74) is 3.25. The molecule has 0 spiro atoms. The van der Waals surface area contributed by atoms with E-state index in [-0.39, 0.29) is 29.6 Å². The molecule has 0 bridgehead atoms. The molecule has 2 aromatic heterocycles. The molecule has 9 nitrogen and oxygen atoms in total. The number of nitrogens with zero attached hydrogens (tertiary/aromatic N) is 2. The summed E-state index contributed by atoms with van der Waals surface area (Å²) in [5, 5.41) is 6.09. The number of aromatic amines is 1. The van der Waals surface area contributed by atoms with Crippen LogP contribution in [-0.4, -0.2) is 52.6 Å². The molecule has 0 radical (unpaired) electrons. The standard InChI is InChI=1S/C27H32FN5O4/c1-14-23(27(35)33-18-8-6-17(7-9-18)32-15(2)34)25-26(31-14)24(29-13-30-25)19-10-22(36-3)20(28)11-21(19)37-12-16-4-5-16/h10-11,13,16-18,31H,4-9,12H2,1-3H3,(H,32,34)(H,33,35). The maximum absolute atomic E-state index is 14.6. The highest BCUT2D eigenvalue weighted by Crippen LogP contribution is 2.39. The van der Waals surface area contributed by atoms with E-state index in [4.69, 9.17) is 9.47 Å². The molecule has 2 aliphatic carbocycles. The molecule has 0 atom stereocenters. The fourth-order valence-corrected chi connectivity index (χ4v) is 5.02. The zero-order valence-corrected chi connectivity index (χ0v) is 21.3. The fourth-order valence-electron chi connectivity index (χ4n) is 5.02. The van der Waals surface area contributed by atoms with Gasteiger partial charge in [0.1, 0.15) is 23.3 Å². The molecule has 0 aliphatic heterocycles. The molecular weight excluding hydrogens is 477 g/mol. The highest BCUT2D eigenvalue weighted by atomic mass is 19.1. The number of amides is 2. The van der Waals surface area contributed by atoms with Crippen LogP contribution in [0.3, 0.4) is 0 Å². The number of H-pyrrole nitrogens is 1. The lowest BCUT2D eigenvalue weighted by atomic mass is 9.91. The second kappa shape index (κ2) is 10.4. The van der Waals surface area contributed by atoms with Gasteiger partial charge in [0.15, 0.2) is 11.6 Å². The van der Waals surface area contributed by atoms with E-state index in [1.165, 1.54) is 26.4 Å². The zero-order chi connectivity index (χ0) is 26.1. The molecule has 5 rings (SSSR count). The number of benzene rings is 1. The highest BCUT2D eigenvalue weighted by Gasteiger charge is 2.28. The van der Waals surface area contributed by atoms with Gasteiger partial charge in [-0.3, -0.25) is 9.59 Å². The van der Waals surface area contributed by atoms with Gasteiger partial charge in [-0.05, 0) is 57.4 Å². The third kappa shape index (κ3) is 5.38. The number of ether oxygens (including phenoxy) is 2. The monoisotopic (exact) mass is 509 g/mol. The van der Waals surface area contributed by atoms with Crippen LogP contribution >= 0.6 is 0 Å². The molecule has 2 aliphatic rings. The maximum atomic E-state index is 14.6. The van der Waals surface area contributed by atoms with Crippen LogP contribution in [0.1, 0.15) is 61.5 Å². The second-order valence-electron chi connectivity index (χ2n) is 10.0. The van der Waals surface area contributed by atoms with Crippen LogP contribution in [0.5, 0.6) is 11.5 Å². The first kappa shape index (κ1) is 25.0. The molecule has 1 aromatic carbocycles. The van der Waals surface area contributed by atoms with E-state index in [9.17, 15) is 14.0 Å². The number of carbonyl (C=O) groups is 2. The van der Waals surface area contributed by atoms with Crippen LogP contribution in [0.2, 0.25) is 0 Å². The summed E-state index contributed by atoms with van der Waals surface area (Å²) in [7, 11) is 1.41. The third-order valence-corrected chi connectivity index (χ3v) is 7.15. The number of halogens is 1. The number of carbonyl (C=O) groups excluding carboxylic acids is 2. The van der Waals surface area contributed by atoms with Crippen molar-refractivity contribution in [2.45, 2.75) is 64.5 Å². The molecule has 10 heteroatoms. The van der Waals surface area contributed by atoms with Gasteiger partial charge in [-0.1, -0.05) is 0 Å². The molecule has 0 unspecified atom stereocenters. The van der Waals surface area contributed by atoms with Crippen LogP contribution in [0.15, 0.2) is 18.5 Å². The lowest BCUT2D eigenvalue weighted by Crippen LogP contribution is -2.43. The summed E-state index contributed by atoms with van der Waals surface area (Å²) in [5.74, 6) is 0.185. The number of fused-ring (bicyclic) bond motifs is 1. The molecule has 0 saturated heterocycles. The van der Waals surface area contributed by atoms with Crippen molar-refractivity contribution >= 4 is 22.8 Å². The maximum Gasteiger partial charge on any atom is 0.255 e. The smallest absolute Gasteiger partial charge is 0.255 e. The van der Waals surface area contributed by atoms with Crippen molar-refractivity contribution in [1.82, 2.24) is 25.6 Å². The van der Waals surface area contributed by atoms with Crippen molar-refractivity contribution in [1.29, 1.82) is 0 Å². The minimum Gasteiger partial charge on any atom is -0.494 e. The van der Waals surface area contributed by atoms with E-state index in [2.05, 4.69) is 25.6 Å². The number of aryl methyl sites for hydroxylation is 1. The Morgan fingerprint density at radius 1 is 1.05 bits per heavy atom. The third-order valence-electron chi connectivity index (χ3n) is 7.15. The number of nitrogens with one attached hydrogen (secondary N) is 3. The Morgan fingerprint density at radius 2 is 1.76 bits per heavy atom. The van der Waals surface area contributed by atoms with Crippen LogP contribution in [0.25, 0.3) is 22.3 Å². The van der Waals surface area contributed by atoms with Crippen LogP contribution in [0, 0.1) is 18.7 Å². The molecule has 2 saturated carbocycles. The Kier molecular flexibility index (Phi) is 6.99. The Bertz CT molecular complexity index is 1330. The van der Waals surface area contributed by atoms with Crippen molar-refractivity contribution in [3.05, 3.63) is 35.5 Å². The summed E-state index contributed by atoms with van der Waals surface area (Å²) in [6.45, 7) is 3.85. The van der Waals surface area contributed by atoms with Gasteiger partial charge in [-0.25, -0.2) is 14.4 Å². The van der Waals surface area contributed by atoms with E-state index < -0.39 is 5.82 Å². The Morgan fingerprint density at radius 3 is 2.41 bits per heavy atom. The molecule has 3 N–H and O–H groups in total. The van der Waals surface area contributed by atoms with Crippen molar-refractivity contribution < 1.29 is 23.5 Å². The van der Waals surface area contributed by atoms with Gasteiger partial charge >= 0.3 is 0 Å². The van der Waals surface area contributed by atoms with Crippen molar-refractivity contribution in [3.63, 3.8) is 0 Å². The molecule has 3 aromatic rings. The lowest BCUT2D eigenvalue weighted by molar-refractivity contribution is -0.119. The van der Waals surface area contributed by atoms with Crippen molar-refractivity contribution in [3.8, 4) is 22.8 Å². The van der Waals surface area contributed by atoms with Crippen LogP contribution in [0.4, 0.5) is 4.39 Å². The Labute approximate surface area is 214 Å². The molecular formula is C27H32FN5O4. The predicted molar refractivity (Wildman–Crippen MR) is 136 cm³/mol. The summed E-state index contributed by atoms with van der Waals surface area (Å²) >= 11 is 0. The minimum atomic E-state index is -0.515. The lowest BCUT2D eigenvalue weighted by Gasteiger charge is -2.29. The van der Waals surface area contributed by atoms with E-state index >= 15 is 0 Å². The summed E-state index contributed by atoms with van der Waals surface area (Å²) < 4.78 is 25.8. The number of hydrogen-bond donors (Lipinski definition) is 3. The van der Waals surface area contributed by atoms with Crippen LogP contribution in [-0.2, 0) is 4.79 Å². The van der Waals surface area contributed by atoms with Gasteiger partial charge in [0.05, 0.1) is 24.8 Å². The Balaban J connectivity index is 1.43. The number of rotatable bonds is 8. The first-order valence-electron chi connectivity index (χ1n) is 12.8. The van der Waals surface area contributed by atoms with Gasteiger partial charge in [0.2, 0.25) is 5.91 Å². The molecule has 2 heterocycles. The molecule has 196 valence electrons. The zero-order valence-electron chi connectivity index (χ0n) is 21.3. The summed E-state index contributed by atoms with van der Waals surface area (Å²) in [4.78, 5) is 36.9. The van der Waals surface area contributed by atoms with Gasteiger partial charge in [-0.15, -0.1) is 0 Å². The number of hydrogen-bond acceptors (Lipinski definition) is 6. The van der Waals surface area contributed by atoms with Gasteiger partial charge in [0, 0.05) is 36.3 Å². The van der Waals surface area contributed by atoms with Gasteiger partial charge < -0.3 is 25.1 Å². The predicted octanol–water partition coefficient (Wildman–Crippen LogP) is 4.05. The van der Waals surface area contributed by atoms with E-state index in [1.807, 2.05) is 6.92 Å². The SMILES string of the molecule is COc1cc(-c2ncnc3c(C(=O)NC4CCC(NC(C)=O)CC4)c(C)[nH]c23)c(OCC2CC2)cc1F. The van der Waals surface area contributed by atoms with Crippen LogP contribution < -0.4 is 20.1 Å². The fraction of sp³-hybridized carbons (Fsp3) is 0.481. The number of aromatic nitrogens is 3. The number of methoxy groups -OCH3 is 1. The van der Waals surface area contributed by atoms with E-state index in [0.29, 0.717) is 51.8 Å². The summed E-state index contributed by atoms with van der Waals surface area (Å²) in [6, 6.07) is 3.07. The quantitative estimate of drug-likeness (QED) is 0.422. The van der Waals surface area contributed by atoms with E-state index in [1.54, 1.807) is 6.07 Å². The molecule has 2 amide bonds. The minimum absolute atomic E-state index is 0.0203. The average molecular weight is 510 g/mol. The first-order chi connectivity index (χ1) is 17.8. The topological polar surface area (TPSA) is 118 Å².